The van der Waals surface area contributed by atoms with E-state index in [9.17, 15) is 36.3 Å². The Morgan fingerprint density at radius 2 is 1.72 bits per heavy atom. The number of benzene rings is 3. The van der Waals surface area contributed by atoms with Gasteiger partial charge in [0.25, 0.3) is 15.9 Å². The number of hydrogen-bond acceptors (Lipinski definition) is 8. The fourth-order valence-corrected chi connectivity index (χ4v) is 6.78. The minimum absolute atomic E-state index is 0.0111. The Morgan fingerprint density at radius 3 is 2.34 bits per heavy atom. The molecule has 1 aliphatic rings. The van der Waals surface area contributed by atoms with Crippen molar-refractivity contribution in [3.8, 4) is 11.5 Å². The number of alkyl halides is 3. The van der Waals surface area contributed by atoms with Crippen molar-refractivity contribution < 1.29 is 50.5 Å². The third kappa shape index (κ3) is 11.2. The van der Waals surface area contributed by atoms with E-state index in [1.807, 2.05) is 13.8 Å². The molecule has 0 aliphatic carbocycles. The Morgan fingerprint density at radius 1 is 1.06 bits per heavy atom. The number of nitrogens with one attached hydrogen (secondary N) is 2. The summed E-state index contributed by atoms with van der Waals surface area (Å²) in [5.74, 6) is -0.171. The van der Waals surface area contributed by atoms with Crippen LogP contribution in [0.1, 0.15) is 56.0 Å². The van der Waals surface area contributed by atoms with Gasteiger partial charge in [0.1, 0.15) is 11.5 Å². The summed E-state index contributed by atoms with van der Waals surface area (Å²) in [6.07, 6.45) is -3.39. The highest BCUT2D eigenvalue weighted by molar-refractivity contribution is 7.92. The number of urea groups is 1. The van der Waals surface area contributed by atoms with Gasteiger partial charge in [-0.2, -0.15) is 13.2 Å². The van der Waals surface area contributed by atoms with Gasteiger partial charge in [0.05, 0.1) is 48.0 Å². The highest BCUT2D eigenvalue weighted by Crippen LogP contribution is 2.31. The summed E-state index contributed by atoms with van der Waals surface area (Å²) >= 11 is 0. The van der Waals surface area contributed by atoms with E-state index in [-0.39, 0.29) is 53.4 Å². The molecule has 0 spiro atoms. The molecule has 0 unspecified atom stereocenters. The molecule has 16 heteroatoms. The van der Waals surface area contributed by atoms with Crippen molar-refractivity contribution in [1.82, 2.24) is 9.80 Å². The first-order chi connectivity index (χ1) is 25.0. The average molecular weight is 765 g/mol. The van der Waals surface area contributed by atoms with E-state index >= 15 is 0 Å². The van der Waals surface area contributed by atoms with Crippen LogP contribution in [0.25, 0.3) is 0 Å². The second-order valence-corrected chi connectivity index (χ2v) is 14.9. The minimum atomic E-state index is -4.51. The molecule has 0 saturated heterocycles. The number of ether oxygens (including phenoxy) is 3. The number of halogens is 3. The first kappa shape index (κ1) is 41.2. The number of sulfonamides is 1. The maximum Gasteiger partial charge on any atom is 0.416 e. The summed E-state index contributed by atoms with van der Waals surface area (Å²) in [5, 5.41) is 12.8. The van der Waals surface area contributed by atoms with E-state index in [4.69, 9.17) is 14.2 Å². The van der Waals surface area contributed by atoms with Crippen molar-refractivity contribution in [3.05, 3.63) is 77.9 Å². The third-order valence-corrected chi connectivity index (χ3v) is 10.3. The van der Waals surface area contributed by atoms with Gasteiger partial charge in [-0.1, -0.05) is 6.92 Å². The lowest BCUT2D eigenvalue weighted by atomic mass is 10.0. The summed E-state index contributed by atoms with van der Waals surface area (Å²) in [6, 6.07) is 13.2. The minimum Gasteiger partial charge on any atom is -0.497 e. The third-order valence-electron chi connectivity index (χ3n) is 8.94. The summed E-state index contributed by atoms with van der Waals surface area (Å²) in [4.78, 5) is 30.3. The quantitative estimate of drug-likeness (QED) is 0.225. The maximum atomic E-state index is 14.4. The fraction of sp³-hybridized carbons (Fsp3) is 0.459. The molecule has 4 rings (SSSR count). The number of hydrogen-bond donors (Lipinski definition) is 3. The van der Waals surface area contributed by atoms with Crippen LogP contribution in [0.15, 0.2) is 71.6 Å². The summed E-state index contributed by atoms with van der Waals surface area (Å²) in [7, 11) is -1.05. The molecule has 53 heavy (non-hydrogen) atoms. The number of anilines is 2. The first-order valence-electron chi connectivity index (χ1n) is 17.2. The molecular weight excluding hydrogens is 717 g/mol. The Hall–Kier alpha value is -4.54. The van der Waals surface area contributed by atoms with Crippen LogP contribution < -0.4 is 19.5 Å². The molecule has 1 aliphatic heterocycles. The molecule has 12 nitrogen and oxygen atoms in total. The zero-order valence-corrected chi connectivity index (χ0v) is 31.2. The number of rotatable bonds is 9. The van der Waals surface area contributed by atoms with E-state index in [0.717, 1.165) is 18.6 Å². The van der Waals surface area contributed by atoms with Crippen LogP contribution in [0.3, 0.4) is 0 Å². The molecule has 3 aromatic rings. The Labute approximate surface area is 308 Å². The number of likely N-dealkylation sites (N-methyl/N-ethyl adjacent to an activating group) is 1. The van der Waals surface area contributed by atoms with Gasteiger partial charge in [0.15, 0.2) is 0 Å². The number of carbonyl (C=O) groups excluding carboxylic acids is 2. The average Bonchev–Trinajstić information content (AvgIpc) is 3.12. The molecule has 0 radical (unpaired) electrons. The van der Waals surface area contributed by atoms with Gasteiger partial charge in [-0.05, 0) is 99.8 Å². The maximum absolute atomic E-state index is 14.4. The van der Waals surface area contributed by atoms with Crippen molar-refractivity contribution in [1.29, 1.82) is 0 Å². The van der Waals surface area contributed by atoms with Gasteiger partial charge in [0, 0.05) is 44.0 Å². The highest BCUT2D eigenvalue weighted by atomic mass is 32.2. The SMILES string of the molecule is COc1ccc(S(=O)(=O)Nc2ccc3c(c2)C(=O)N([C@H](C)CO)C[C@@H](C)[C@H](CN(C)C(=O)Nc2ccc(C(F)(F)F)cc2)OCCCC[C@@H](C)O3)cc1. The van der Waals surface area contributed by atoms with Crippen LogP contribution in [0.4, 0.5) is 29.3 Å². The van der Waals surface area contributed by atoms with E-state index in [1.54, 1.807) is 13.0 Å². The van der Waals surface area contributed by atoms with Crippen molar-refractivity contribution in [2.24, 2.45) is 5.92 Å². The number of amides is 3. The Kier molecular flexibility index (Phi) is 14.0. The normalized spacial score (nSPS) is 19.6. The predicted molar refractivity (Wildman–Crippen MR) is 194 cm³/mol. The summed E-state index contributed by atoms with van der Waals surface area (Å²) in [6.45, 7) is 5.52. The number of aliphatic hydroxyl groups excluding tert-OH is 1. The van der Waals surface area contributed by atoms with Gasteiger partial charge in [0.2, 0.25) is 0 Å². The van der Waals surface area contributed by atoms with Crippen LogP contribution in [0.2, 0.25) is 0 Å². The van der Waals surface area contributed by atoms with Crippen LogP contribution in [-0.2, 0) is 20.9 Å². The zero-order valence-electron chi connectivity index (χ0n) is 30.4. The monoisotopic (exact) mass is 764 g/mol. The summed E-state index contributed by atoms with van der Waals surface area (Å²) in [5.41, 5.74) is -0.445. The molecule has 290 valence electrons. The topological polar surface area (TPSA) is 147 Å². The molecule has 0 aromatic heterocycles. The molecular formula is C37H47F3N4O8S. The lowest BCUT2D eigenvalue weighted by Crippen LogP contribution is -2.48. The fourth-order valence-electron chi connectivity index (χ4n) is 5.73. The van der Waals surface area contributed by atoms with E-state index in [0.29, 0.717) is 25.2 Å². The lowest BCUT2D eigenvalue weighted by molar-refractivity contribution is -0.137. The second kappa shape index (κ2) is 18.0. The molecule has 1 heterocycles. The van der Waals surface area contributed by atoms with Gasteiger partial charge in [-0.25, -0.2) is 13.2 Å². The molecule has 4 atom stereocenters. The molecule has 3 amide bonds. The van der Waals surface area contributed by atoms with E-state index in [1.165, 1.54) is 72.5 Å². The number of methoxy groups -OCH3 is 1. The van der Waals surface area contributed by atoms with Gasteiger partial charge in [-0.3, -0.25) is 9.52 Å². The molecule has 0 bridgehead atoms. The smallest absolute Gasteiger partial charge is 0.416 e. The van der Waals surface area contributed by atoms with Crippen molar-refractivity contribution in [2.45, 2.75) is 69.4 Å². The molecule has 0 saturated carbocycles. The van der Waals surface area contributed by atoms with E-state index < -0.39 is 51.8 Å². The highest BCUT2D eigenvalue weighted by Gasteiger charge is 2.32. The zero-order chi connectivity index (χ0) is 38.9. The molecule has 3 aromatic carbocycles. The number of nitrogens with zero attached hydrogens (tertiary/aromatic N) is 2. The standard InChI is InChI=1S/C37H47F3N4O8S/c1-24-21-44(25(2)23-45)35(46)32-20-29(42-53(48,49)31-16-14-30(50-5)15-17-31)13-18-33(32)52-26(3)8-6-7-19-51-34(24)22-43(4)36(47)41-28-11-9-27(10-12-28)37(38,39)40/h9-18,20,24-26,34,42,45H,6-8,19,21-23H2,1-5H3,(H,41,47)/t24-,25-,26-,34+/m1/s1. The number of fused-ring (bicyclic) bond motifs is 1. The van der Waals surface area contributed by atoms with Crippen LogP contribution in [-0.4, -0.2) is 94.0 Å². The Bertz CT molecular complexity index is 1790. The molecule has 3 N–H and O–H groups in total. The molecule has 0 fully saturated rings. The van der Waals surface area contributed by atoms with Gasteiger partial charge < -0.3 is 34.4 Å². The van der Waals surface area contributed by atoms with Crippen LogP contribution in [0, 0.1) is 5.92 Å². The predicted octanol–water partition coefficient (Wildman–Crippen LogP) is 6.47. The number of carbonyl (C=O) groups is 2. The first-order valence-corrected chi connectivity index (χ1v) is 18.7. The van der Waals surface area contributed by atoms with Gasteiger partial charge >= 0.3 is 12.2 Å². The van der Waals surface area contributed by atoms with Crippen molar-refractivity contribution in [3.63, 3.8) is 0 Å². The summed E-state index contributed by atoms with van der Waals surface area (Å²) < 4.78 is 85.7. The van der Waals surface area contributed by atoms with Crippen LogP contribution in [0.5, 0.6) is 11.5 Å². The van der Waals surface area contributed by atoms with Crippen molar-refractivity contribution in [2.75, 3.05) is 50.5 Å². The van der Waals surface area contributed by atoms with E-state index in [2.05, 4.69) is 10.0 Å². The number of aliphatic hydroxyl groups is 1. The second-order valence-electron chi connectivity index (χ2n) is 13.2. The largest absolute Gasteiger partial charge is 0.497 e. The van der Waals surface area contributed by atoms with Gasteiger partial charge in [-0.15, -0.1) is 0 Å². The van der Waals surface area contributed by atoms with Crippen molar-refractivity contribution >= 4 is 33.3 Å². The van der Waals surface area contributed by atoms with Crippen LogP contribution >= 0.6 is 0 Å². The Balaban J connectivity index is 1.59. The lowest BCUT2D eigenvalue weighted by Gasteiger charge is -2.35.